The van der Waals surface area contributed by atoms with Gasteiger partial charge in [-0.05, 0) is 42.8 Å². The molecule has 130 valence electrons. The molecule has 0 saturated heterocycles. The lowest BCUT2D eigenvalue weighted by Crippen LogP contribution is -2.04. The van der Waals surface area contributed by atoms with Gasteiger partial charge < -0.3 is 9.26 Å². The molecule has 3 rings (SSSR count). The Morgan fingerprint density at radius 3 is 2.68 bits per heavy atom. The SMILES string of the molecule is Cc1ccc(F)c(OCc2noc(-c3cccc(C(F)(F)F)c3)n2)c1. The predicted molar refractivity (Wildman–Crippen MR) is 80.2 cm³/mol. The van der Waals surface area contributed by atoms with Crippen molar-refractivity contribution in [3.05, 3.63) is 65.2 Å². The highest BCUT2D eigenvalue weighted by molar-refractivity contribution is 5.54. The maximum Gasteiger partial charge on any atom is 0.416 e. The van der Waals surface area contributed by atoms with E-state index in [0.717, 1.165) is 17.7 Å². The number of aromatic nitrogens is 2. The Kier molecular flexibility index (Phi) is 4.43. The lowest BCUT2D eigenvalue weighted by molar-refractivity contribution is -0.137. The average molecular weight is 352 g/mol. The van der Waals surface area contributed by atoms with E-state index in [0.29, 0.717) is 0 Å². The molecule has 1 heterocycles. The fourth-order valence-electron chi connectivity index (χ4n) is 2.12. The van der Waals surface area contributed by atoms with Crippen LogP contribution in [0.1, 0.15) is 17.0 Å². The van der Waals surface area contributed by atoms with Crippen LogP contribution < -0.4 is 4.74 Å². The first-order valence-electron chi connectivity index (χ1n) is 7.22. The number of halogens is 4. The number of hydrogen-bond donors (Lipinski definition) is 0. The van der Waals surface area contributed by atoms with Gasteiger partial charge in [0.1, 0.15) is 0 Å². The van der Waals surface area contributed by atoms with Crippen LogP contribution in [0.3, 0.4) is 0 Å². The van der Waals surface area contributed by atoms with Crippen molar-refractivity contribution in [3.63, 3.8) is 0 Å². The Morgan fingerprint density at radius 2 is 1.92 bits per heavy atom. The Morgan fingerprint density at radius 1 is 1.12 bits per heavy atom. The molecule has 0 N–H and O–H groups in total. The van der Waals surface area contributed by atoms with Gasteiger partial charge in [-0.3, -0.25) is 0 Å². The summed E-state index contributed by atoms with van der Waals surface area (Å²) in [5, 5.41) is 3.64. The van der Waals surface area contributed by atoms with E-state index in [-0.39, 0.29) is 29.6 Å². The second-order valence-corrected chi connectivity index (χ2v) is 5.32. The van der Waals surface area contributed by atoms with Crippen molar-refractivity contribution in [3.8, 4) is 17.2 Å². The first kappa shape index (κ1) is 16.9. The van der Waals surface area contributed by atoms with Crippen LogP contribution in [0, 0.1) is 12.7 Å². The Labute approximate surface area is 140 Å². The number of nitrogens with zero attached hydrogens (tertiary/aromatic N) is 2. The van der Waals surface area contributed by atoms with Gasteiger partial charge in [0, 0.05) is 5.56 Å². The maximum absolute atomic E-state index is 13.6. The lowest BCUT2D eigenvalue weighted by Gasteiger charge is -2.06. The predicted octanol–water partition coefficient (Wildman–Crippen LogP) is 4.78. The molecule has 0 radical (unpaired) electrons. The molecule has 4 nitrogen and oxygen atoms in total. The summed E-state index contributed by atoms with van der Waals surface area (Å²) in [7, 11) is 0. The molecule has 0 unspecified atom stereocenters. The van der Waals surface area contributed by atoms with Crippen molar-refractivity contribution in [2.24, 2.45) is 0 Å². The van der Waals surface area contributed by atoms with Crippen LogP contribution >= 0.6 is 0 Å². The highest BCUT2D eigenvalue weighted by Crippen LogP contribution is 2.31. The molecule has 2 aromatic carbocycles. The summed E-state index contributed by atoms with van der Waals surface area (Å²) in [5.41, 5.74) is 0.132. The maximum atomic E-state index is 13.6. The molecule has 0 aliphatic carbocycles. The second kappa shape index (κ2) is 6.54. The molecule has 25 heavy (non-hydrogen) atoms. The van der Waals surface area contributed by atoms with Crippen molar-refractivity contribution in [2.75, 3.05) is 0 Å². The van der Waals surface area contributed by atoms with Gasteiger partial charge in [-0.15, -0.1) is 0 Å². The van der Waals surface area contributed by atoms with Gasteiger partial charge in [0.25, 0.3) is 5.89 Å². The van der Waals surface area contributed by atoms with Crippen LogP contribution in [0.4, 0.5) is 17.6 Å². The van der Waals surface area contributed by atoms with Gasteiger partial charge in [-0.2, -0.15) is 18.2 Å². The van der Waals surface area contributed by atoms with Crippen LogP contribution in [-0.4, -0.2) is 10.1 Å². The van der Waals surface area contributed by atoms with E-state index in [1.807, 2.05) is 0 Å². The summed E-state index contributed by atoms with van der Waals surface area (Å²) < 4.78 is 62.1. The van der Waals surface area contributed by atoms with E-state index in [9.17, 15) is 17.6 Å². The number of alkyl halides is 3. The zero-order valence-electron chi connectivity index (χ0n) is 13.0. The molecule has 0 saturated carbocycles. The van der Waals surface area contributed by atoms with Crippen LogP contribution in [-0.2, 0) is 12.8 Å². The van der Waals surface area contributed by atoms with Crippen molar-refractivity contribution < 1.29 is 26.8 Å². The van der Waals surface area contributed by atoms with Gasteiger partial charge >= 0.3 is 6.18 Å². The third-order valence-electron chi connectivity index (χ3n) is 3.35. The lowest BCUT2D eigenvalue weighted by atomic mass is 10.1. The minimum Gasteiger partial charge on any atom is -0.482 e. The molecular formula is C17H12F4N2O2. The van der Waals surface area contributed by atoms with E-state index in [2.05, 4.69) is 10.1 Å². The fraction of sp³-hybridized carbons (Fsp3) is 0.176. The van der Waals surface area contributed by atoms with Gasteiger partial charge in [0.05, 0.1) is 5.56 Å². The molecule has 0 aliphatic heterocycles. The molecule has 0 bridgehead atoms. The second-order valence-electron chi connectivity index (χ2n) is 5.32. The topological polar surface area (TPSA) is 48.2 Å². The van der Waals surface area contributed by atoms with Gasteiger partial charge in [-0.1, -0.05) is 17.3 Å². The van der Waals surface area contributed by atoms with Gasteiger partial charge in [-0.25, -0.2) is 4.39 Å². The third-order valence-corrected chi connectivity index (χ3v) is 3.35. The summed E-state index contributed by atoms with van der Waals surface area (Å²) >= 11 is 0. The first-order chi connectivity index (χ1) is 11.8. The number of rotatable bonds is 4. The normalized spacial score (nSPS) is 11.6. The third kappa shape index (κ3) is 3.96. The molecule has 3 aromatic rings. The first-order valence-corrected chi connectivity index (χ1v) is 7.22. The van der Waals surface area contributed by atoms with Crippen molar-refractivity contribution >= 4 is 0 Å². The molecule has 8 heteroatoms. The van der Waals surface area contributed by atoms with E-state index < -0.39 is 17.6 Å². The number of ether oxygens (including phenoxy) is 1. The van der Waals surface area contributed by atoms with E-state index >= 15 is 0 Å². The molecule has 0 spiro atoms. The summed E-state index contributed by atoms with van der Waals surface area (Å²) in [4.78, 5) is 3.98. The molecule has 0 amide bonds. The number of benzene rings is 2. The summed E-state index contributed by atoms with van der Waals surface area (Å²) in [6.07, 6.45) is -4.47. The van der Waals surface area contributed by atoms with Crippen LogP contribution in [0.15, 0.2) is 47.0 Å². The summed E-state index contributed by atoms with van der Waals surface area (Å²) in [6.45, 7) is 1.61. The van der Waals surface area contributed by atoms with Gasteiger partial charge in [0.2, 0.25) is 5.82 Å². The monoisotopic (exact) mass is 352 g/mol. The molecule has 0 atom stereocenters. The van der Waals surface area contributed by atoms with E-state index in [1.54, 1.807) is 13.0 Å². The Bertz CT molecular complexity index is 890. The Hall–Kier alpha value is -2.90. The zero-order chi connectivity index (χ0) is 18.0. The molecule has 0 fully saturated rings. The molecular weight excluding hydrogens is 340 g/mol. The van der Waals surface area contributed by atoms with Crippen molar-refractivity contribution in [1.82, 2.24) is 10.1 Å². The highest BCUT2D eigenvalue weighted by Gasteiger charge is 2.30. The van der Waals surface area contributed by atoms with Crippen LogP contribution in [0.2, 0.25) is 0 Å². The summed E-state index contributed by atoms with van der Waals surface area (Å²) in [5.74, 6) is -0.486. The largest absolute Gasteiger partial charge is 0.482 e. The fourth-order valence-corrected chi connectivity index (χ4v) is 2.12. The number of aryl methyl sites for hydroxylation is 1. The standard InChI is InChI=1S/C17H12F4N2O2/c1-10-5-6-13(18)14(7-10)24-9-15-22-16(25-23-15)11-3-2-4-12(8-11)17(19,20)21/h2-8H,9H2,1H3. The smallest absolute Gasteiger partial charge is 0.416 e. The minimum absolute atomic E-state index is 0.0328. The molecule has 0 aliphatic rings. The van der Waals surface area contributed by atoms with Crippen molar-refractivity contribution in [2.45, 2.75) is 19.7 Å². The van der Waals surface area contributed by atoms with Crippen molar-refractivity contribution in [1.29, 1.82) is 0 Å². The minimum atomic E-state index is -4.47. The zero-order valence-corrected chi connectivity index (χ0v) is 13.0. The van der Waals surface area contributed by atoms with Crippen LogP contribution in [0.5, 0.6) is 5.75 Å². The number of hydrogen-bond acceptors (Lipinski definition) is 4. The Balaban J connectivity index is 1.76. The van der Waals surface area contributed by atoms with E-state index in [4.69, 9.17) is 9.26 Å². The highest BCUT2D eigenvalue weighted by atomic mass is 19.4. The van der Waals surface area contributed by atoms with E-state index in [1.165, 1.54) is 24.3 Å². The average Bonchev–Trinajstić information content (AvgIpc) is 3.04. The quantitative estimate of drug-likeness (QED) is 0.634. The molecule has 1 aromatic heterocycles. The van der Waals surface area contributed by atoms with Gasteiger partial charge in [0.15, 0.2) is 18.2 Å². The summed E-state index contributed by atoms with van der Waals surface area (Å²) in [6, 6.07) is 8.93. The van der Waals surface area contributed by atoms with Crippen LogP contribution in [0.25, 0.3) is 11.5 Å².